The highest BCUT2D eigenvalue weighted by molar-refractivity contribution is 9.10. The first kappa shape index (κ1) is 14.8. The van der Waals surface area contributed by atoms with Gasteiger partial charge in [0.25, 0.3) is 0 Å². The zero-order chi connectivity index (χ0) is 14.7. The standard InChI is InChI=1S/C14H17BrN2O3/c1-8(18)11-6-9(15)7-12(16)14(11)20-5-4-13(19)17-10-2-3-10/h6-7,10H,2-5,16H2,1H3,(H,17,19). The van der Waals surface area contributed by atoms with E-state index in [9.17, 15) is 9.59 Å². The fourth-order valence-corrected chi connectivity index (χ4v) is 2.29. The average Bonchev–Trinajstić information content (AvgIpc) is 3.14. The zero-order valence-corrected chi connectivity index (χ0v) is 12.8. The Hall–Kier alpha value is -1.56. The van der Waals surface area contributed by atoms with E-state index in [0.717, 1.165) is 17.3 Å². The first-order chi connectivity index (χ1) is 9.47. The molecule has 108 valence electrons. The van der Waals surface area contributed by atoms with Gasteiger partial charge in [-0.05, 0) is 31.9 Å². The fraction of sp³-hybridized carbons (Fsp3) is 0.429. The van der Waals surface area contributed by atoms with Gasteiger partial charge in [0.15, 0.2) is 11.5 Å². The van der Waals surface area contributed by atoms with E-state index in [4.69, 9.17) is 10.5 Å². The van der Waals surface area contributed by atoms with Crippen LogP contribution in [0.1, 0.15) is 36.5 Å². The molecular formula is C14H17BrN2O3. The number of benzene rings is 1. The molecule has 0 radical (unpaired) electrons. The topological polar surface area (TPSA) is 81.4 Å². The van der Waals surface area contributed by atoms with E-state index in [2.05, 4.69) is 21.2 Å². The second kappa shape index (κ2) is 6.26. The number of hydrogen-bond acceptors (Lipinski definition) is 4. The Labute approximate surface area is 126 Å². The van der Waals surface area contributed by atoms with Crippen LogP contribution >= 0.6 is 15.9 Å². The number of amides is 1. The second-order valence-corrected chi connectivity index (χ2v) is 5.78. The molecule has 6 heteroatoms. The monoisotopic (exact) mass is 340 g/mol. The molecule has 3 N–H and O–H groups in total. The van der Waals surface area contributed by atoms with Gasteiger partial charge < -0.3 is 15.8 Å². The molecule has 2 rings (SSSR count). The molecule has 1 fully saturated rings. The van der Waals surface area contributed by atoms with Crippen LogP contribution in [0.5, 0.6) is 5.75 Å². The van der Waals surface area contributed by atoms with Crippen LogP contribution in [0.2, 0.25) is 0 Å². The van der Waals surface area contributed by atoms with Crippen molar-refractivity contribution in [2.24, 2.45) is 0 Å². The summed E-state index contributed by atoms with van der Waals surface area (Å²) in [6.45, 7) is 1.65. The highest BCUT2D eigenvalue weighted by Crippen LogP contribution is 2.31. The number of nitrogens with two attached hydrogens (primary N) is 1. The normalized spacial score (nSPS) is 13.9. The minimum absolute atomic E-state index is 0.0347. The Balaban J connectivity index is 1.97. The Bertz CT molecular complexity index is 541. The summed E-state index contributed by atoms with van der Waals surface area (Å²) in [5.74, 6) is 0.183. The number of ketones is 1. The molecule has 1 amide bonds. The van der Waals surface area contributed by atoms with Gasteiger partial charge in [0, 0.05) is 10.5 Å². The molecule has 0 saturated heterocycles. The molecule has 1 aliphatic carbocycles. The molecule has 1 aromatic carbocycles. The molecule has 0 spiro atoms. The lowest BCUT2D eigenvalue weighted by Gasteiger charge is -2.13. The van der Waals surface area contributed by atoms with Crippen molar-refractivity contribution in [1.29, 1.82) is 0 Å². The van der Waals surface area contributed by atoms with Crippen molar-refractivity contribution in [2.45, 2.75) is 32.2 Å². The maximum absolute atomic E-state index is 11.6. The van der Waals surface area contributed by atoms with Crippen molar-refractivity contribution in [3.63, 3.8) is 0 Å². The van der Waals surface area contributed by atoms with E-state index in [1.807, 2.05) is 0 Å². The van der Waals surface area contributed by atoms with E-state index in [1.165, 1.54) is 6.92 Å². The van der Waals surface area contributed by atoms with Crippen molar-refractivity contribution in [1.82, 2.24) is 5.32 Å². The predicted molar refractivity (Wildman–Crippen MR) is 79.8 cm³/mol. The first-order valence-corrected chi connectivity index (χ1v) is 7.29. The quantitative estimate of drug-likeness (QED) is 0.614. The SMILES string of the molecule is CC(=O)c1cc(Br)cc(N)c1OCCC(=O)NC1CC1. The molecular weight excluding hydrogens is 324 g/mol. The van der Waals surface area contributed by atoms with Crippen LogP contribution < -0.4 is 15.8 Å². The van der Waals surface area contributed by atoms with E-state index in [0.29, 0.717) is 23.0 Å². The number of nitrogen functional groups attached to an aromatic ring is 1. The summed E-state index contributed by atoms with van der Waals surface area (Å²) in [6.07, 6.45) is 2.37. The van der Waals surface area contributed by atoms with Gasteiger partial charge in [0.1, 0.15) is 0 Å². The van der Waals surface area contributed by atoms with Crippen molar-refractivity contribution in [2.75, 3.05) is 12.3 Å². The highest BCUT2D eigenvalue weighted by Gasteiger charge is 2.23. The molecule has 0 unspecified atom stereocenters. The van der Waals surface area contributed by atoms with Gasteiger partial charge >= 0.3 is 0 Å². The minimum Gasteiger partial charge on any atom is -0.490 e. The summed E-state index contributed by atoms with van der Waals surface area (Å²) >= 11 is 3.29. The van der Waals surface area contributed by atoms with Gasteiger partial charge in [-0.1, -0.05) is 15.9 Å². The summed E-state index contributed by atoms with van der Waals surface area (Å²) in [6, 6.07) is 3.68. The fourth-order valence-electron chi connectivity index (χ4n) is 1.81. The van der Waals surface area contributed by atoms with Gasteiger partial charge in [-0.25, -0.2) is 0 Å². The number of hydrogen-bond donors (Lipinski definition) is 2. The van der Waals surface area contributed by atoms with Crippen LogP contribution in [-0.2, 0) is 4.79 Å². The third-order valence-electron chi connectivity index (χ3n) is 2.98. The predicted octanol–water partition coefficient (Wildman–Crippen LogP) is 2.28. The number of carbonyl (C=O) groups is 2. The van der Waals surface area contributed by atoms with E-state index in [1.54, 1.807) is 12.1 Å². The largest absolute Gasteiger partial charge is 0.490 e. The molecule has 20 heavy (non-hydrogen) atoms. The summed E-state index contributed by atoms with van der Waals surface area (Å²) < 4.78 is 6.25. The highest BCUT2D eigenvalue weighted by atomic mass is 79.9. The first-order valence-electron chi connectivity index (χ1n) is 6.49. The lowest BCUT2D eigenvalue weighted by Crippen LogP contribution is -2.26. The third kappa shape index (κ3) is 3.96. The number of ether oxygens (including phenoxy) is 1. The number of halogens is 1. The van der Waals surface area contributed by atoms with E-state index >= 15 is 0 Å². The van der Waals surface area contributed by atoms with Gasteiger partial charge in [0.2, 0.25) is 5.91 Å². The summed E-state index contributed by atoms with van der Waals surface area (Å²) in [5, 5.41) is 2.88. The maximum Gasteiger partial charge on any atom is 0.223 e. The molecule has 5 nitrogen and oxygen atoms in total. The Morgan fingerprint density at radius 3 is 2.75 bits per heavy atom. The van der Waals surface area contributed by atoms with Crippen LogP contribution in [0.4, 0.5) is 5.69 Å². The lowest BCUT2D eigenvalue weighted by molar-refractivity contribution is -0.121. The molecule has 0 aromatic heterocycles. The summed E-state index contributed by atoms with van der Waals surface area (Å²) in [7, 11) is 0. The van der Waals surface area contributed by atoms with Crippen LogP contribution in [-0.4, -0.2) is 24.3 Å². The number of nitrogens with one attached hydrogen (secondary N) is 1. The van der Waals surface area contributed by atoms with Gasteiger partial charge in [-0.3, -0.25) is 9.59 Å². The Morgan fingerprint density at radius 1 is 1.45 bits per heavy atom. The van der Waals surface area contributed by atoms with Crippen LogP contribution in [0, 0.1) is 0 Å². The maximum atomic E-state index is 11.6. The van der Waals surface area contributed by atoms with E-state index < -0.39 is 0 Å². The molecule has 0 bridgehead atoms. The number of rotatable bonds is 6. The van der Waals surface area contributed by atoms with Crippen molar-refractivity contribution >= 4 is 33.3 Å². The van der Waals surface area contributed by atoms with Crippen LogP contribution in [0.15, 0.2) is 16.6 Å². The van der Waals surface area contributed by atoms with Gasteiger partial charge in [0.05, 0.1) is 24.3 Å². The van der Waals surface area contributed by atoms with Crippen molar-refractivity contribution < 1.29 is 14.3 Å². The molecule has 1 aliphatic rings. The Kier molecular flexibility index (Phi) is 4.65. The lowest BCUT2D eigenvalue weighted by atomic mass is 10.1. The number of anilines is 1. The summed E-state index contributed by atoms with van der Waals surface area (Å²) in [5.41, 5.74) is 6.66. The molecule has 1 saturated carbocycles. The van der Waals surface area contributed by atoms with E-state index in [-0.39, 0.29) is 24.7 Å². The van der Waals surface area contributed by atoms with Crippen LogP contribution in [0.25, 0.3) is 0 Å². The molecule has 0 atom stereocenters. The second-order valence-electron chi connectivity index (χ2n) is 4.87. The van der Waals surface area contributed by atoms with Crippen molar-refractivity contribution in [3.8, 4) is 5.75 Å². The minimum atomic E-state index is -0.129. The summed E-state index contributed by atoms with van der Waals surface area (Å²) in [4.78, 5) is 23.1. The smallest absolute Gasteiger partial charge is 0.223 e. The zero-order valence-electron chi connectivity index (χ0n) is 11.2. The average molecular weight is 341 g/mol. The van der Waals surface area contributed by atoms with Gasteiger partial charge in [-0.2, -0.15) is 0 Å². The van der Waals surface area contributed by atoms with Gasteiger partial charge in [-0.15, -0.1) is 0 Å². The Morgan fingerprint density at radius 2 is 2.15 bits per heavy atom. The molecule has 0 heterocycles. The molecule has 1 aromatic rings. The number of carbonyl (C=O) groups excluding carboxylic acids is 2. The van der Waals surface area contributed by atoms with Crippen LogP contribution in [0.3, 0.4) is 0 Å². The molecule has 0 aliphatic heterocycles. The number of Topliss-reactive ketones (excluding diaryl/α,β-unsaturated/α-hetero) is 1. The third-order valence-corrected chi connectivity index (χ3v) is 3.44. The van der Waals surface area contributed by atoms with Crippen molar-refractivity contribution in [3.05, 3.63) is 22.2 Å².